The molecule has 4 nitrogen and oxygen atoms in total. The molecular weight excluding hydrogens is 453 g/mol. The zero-order chi connectivity index (χ0) is 24.0. The molecule has 3 rings (SSSR count). The Morgan fingerprint density at radius 1 is 0.939 bits per heavy atom. The summed E-state index contributed by atoms with van der Waals surface area (Å²) < 4.78 is 54.5. The molecule has 0 N–H and O–H groups in total. The Hall–Kier alpha value is -3.13. The van der Waals surface area contributed by atoms with Gasteiger partial charge in [-0.2, -0.15) is 13.2 Å². The van der Waals surface area contributed by atoms with E-state index in [-0.39, 0.29) is 6.61 Å². The Morgan fingerprint density at radius 3 is 2.30 bits per heavy atom. The van der Waals surface area contributed by atoms with Crippen molar-refractivity contribution in [2.24, 2.45) is 0 Å². The number of hydrogen-bond acceptors (Lipinski definition) is 5. The van der Waals surface area contributed by atoms with E-state index in [1.165, 1.54) is 13.2 Å². The van der Waals surface area contributed by atoms with Crippen molar-refractivity contribution in [1.29, 1.82) is 0 Å². The Morgan fingerprint density at radius 2 is 1.67 bits per heavy atom. The molecule has 3 aromatic carbocycles. The predicted molar refractivity (Wildman–Crippen MR) is 122 cm³/mol. The van der Waals surface area contributed by atoms with Gasteiger partial charge in [0.2, 0.25) is 0 Å². The third kappa shape index (κ3) is 6.44. The summed E-state index contributed by atoms with van der Waals surface area (Å²) in [5.41, 5.74) is 2.43. The molecule has 0 atom stereocenters. The molecule has 8 heteroatoms. The average molecular weight is 477 g/mol. The van der Waals surface area contributed by atoms with Gasteiger partial charge in [-0.3, -0.25) is 0 Å². The molecular formula is C25H23F3O4S. The molecule has 0 aliphatic carbocycles. The van der Waals surface area contributed by atoms with Gasteiger partial charge in [-0.1, -0.05) is 36.4 Å². The van der Waals surface area contributed by atoms with E-state index < -0.39 is 17.7 Å². The fraction of sp³-hybridized carbons (Fsp3) is 0.240. The summed E-state index contributed by atoms with van der Waals surface area (Å²) in [5, 5.41) is 0. The molecule has 0 aliphatic heterocycles. The van der Waals surface area contributed by atoms with Crippen LogP contribution in [0.1, 0.15) is 16.7 Å². The van der Waals surface area contributed by atoms with Gasteiger partial charge in [0.15, 0.2) is 6.61 Å². The SMILES string of the molecule is COC(=O)COc1cc(OC)c(SCc2ccc(-c3cccc(C(F)(F)F)c3)cc2)cc1C. The van der Waals surface area contributed by atoms with E-state index in [0.717, 1.165) is 33.7 Å². The van der Waals surface area contributed by atoms with Gasteiger partial charge in [0, 0.05) is 11.8 Å². The van der Waals surface area contributed by atoms with Crippen molar-refractivity contribution in [1.82, 2.24) is 0 Å². The summed E-state index contributed by atoms with van der Waals surface area (Å²) in [6.07, 6.45) is -4.37. The lowest BCUT2D eigenvalue weighted by molar-refractivity contribution is -0.143. The molecule has 33 heavy (non-hydrogen) atoms. The summed E-state index contributed by atoms with van der Waals surface area (Å²) >= 11 is 1.56. The number of carbonyl (C=O) groups excluding carboxylic acids is 1. The molecule has 0 aromatic heterocycles. The number of carbonyl (C=O) groups is 1. The number of rotatable bonds is 8. The van der Waals surface area contributed by atoms with E-state index in [1.54, 1.807) is 31.0 Å². The molecule has 0 aliphatic rings. The van der Waals surface area contributed by atoms with Gasteiger partial charge in [0.25, 0.3) is 0 Å². The number of thioether (sulfide) groups is 1. The fourth-order valence-corrected chi connectivity index (χ4v) is 4.16. The van der Waals surface area contributed by atoms with E-state index in [9.17, 15) is 18.0 Å². The summed E-state index contributed by atoms with van der Waals surface area (Å²) in [6, 6.07) is 16.4. The van der Waals surface area contributed by atoms with Crippen LogP contribution in [-0.4, -0.2) is 26.8 Å². The van der Waals surface area contributed by atoms with Gasteiger partial charge in [-0.15, -0.1) is 11.8 Å². The third-order valence-electron chi connectivity index (χ3n) is 4.91. The first kappa shape index (κ1) is 24.5. The van der Waals surface area contributed by atoms with Crippen LogP contribution in [-0.2, 0) is 21.5 Å². The molecule has 0 fully saturated rings. The van der Waals surface area contributed by atoms with E-state index in [4.69, 9.17) is 9.47 Å². The number of methoxy groups -OCH3 is 2. The van der Waals surface area contributed by atoms with Crippen molar-refractivity contribution >= 4 is 17.7 Å². The Labute approximate surface area is 194 Å². The number of esters is 1. The quantitative estimate of drug-likeness (QED) is 0.273. The standard InChI is InChI=1S/C25H23F3O4S/c1-16-11-23(22(30-2)13-21(16)32-14-24(29)31-3)33-15-17-7-9-18(10-8-17)19-5-4-6-20(12-19)25(26,27)28/h4-13H,14-15H2,1-3H3. The van der Waals surface area contributed by atoms with Crippen LogP contribution in [0.4, 0.5) is 13.2 Å². The van der Waals surface area contributed by atoms with Crippen LogP contribution < -0.4 is 9.47 Å². The molecule has 0 saturated carbocycles. The van der Waals surface area contributed by atoms with Crippen LogP contribution in [0, 0.1) is 6.92 Å². The smallest absolute Gasteiger partial charge is 0.416 e. The van der Waals surface area contributed by atoms with Gasteiger partial charge in [0.05, 0.1) is 24.7 Å². The van der Waals surface area contributed by atoms with Crippen LogP contribution in [0.3, 0.4) is 0 Å². The number of aryl methyl sites for hydroxylation is 1. The van der Waals surface area contributed by atoms with E-state index in [1.807, 2.05) is 37.3 Å². The van der Waals surface area contributed by atoms with Crippen molar-refractivity contribution in [3.05, 3.63) is 77.4 Å². The molecule has 0 spiro atoms. The monoisotopic (exact) mass is 476 g/mol. The lowest BCUT2D eigenvalue weighted by atomic mass is 10.0. The average Bonchev–Trinajstić information content (AvgIpc) is 2.81. The van der Waals surface area contributed by atoms with Crippen LogP contribution in [0.15, 0.2) is 65.6 Å². The van der Waals surface area contributed by atoms with E-state index in [2.05, 4.69) is 4.74 Å². The van der Waals surface area contributed by atoms with Crippen LogP contribution in [0.25, 0.3) is 11.1 Å². The van der Waals surface area contributed by atoms with Gasteiger partial charge in [-0.25, -0.2) is 4.79 Å². The number of hydrogen-bond donors (Lipinski definition) is 0. The van der Waals surface area contributed by atoms with Crippen LogP contribution >= 0.6 is 11.8 Å². The zero-order valence-corrected chi connectivity index (χ0v) is 19.2. The Bertz CT molecular complexity index is 1110. The number of halogens is 3. The topological polar surface area (TPSA) is 44.8 Å². The maximum Gasteiger partial charge on any atom is 0.416 e. The summed E-state index contributed by atoms with van der Waals surface area (Å²) in [6.45, 7) is 1.69. The minimum atomic E-state index is -4.37. The largest absolute Gasteiger partial charge is 0.495 e. The van der Waals surface area contributed by atoms with Gasteiger partial charge >= 0.3 is 12.1 Å². The molecule has 174 valence electrons. The predicted octanol–water partition coefficient (Wildman–Crippen LogP) is 6.53. The molecule has 0 bridgehead atoms. The second-order valence-electron chi connectivity index (χ2n) is 7.20. The van der Waals surface area contributed by atoms with Gasteiger partial charge in [-0.05, 0) is 47.4 Å². The third-order valence-corrected chi connectivity index (χ3v) is 6.01. The zero-order valence-electron chi connectivity index (χ0n) is 18.4. The lowest BCUT2D eigenvalue weighted by Gasteiger charge is -2.14. The van der Waals surface area contributed by atoms with Crippen molar-refractivity contribution in [3.63, 3.8) is 0 Å². The van der Waals surface area contributed by atoms with Crippen molar-refractivity contribution in [2.45, 2.75) is 23.7 Å². The van der Waals surface area contributed by atoms with Crippen molar-refractivity contribution in [3.8, 4) is 22.6 Å². The first-order chi connectivity index (χ1) is 15.7. The molecule has 3 aromatic rings. The number of ether oxygens (including phenoxy) is 3. The highest BCUT2D eigenvalue weighted by Crippen LogP contribution is 2.37. The fourth-order valence-electron chi connectivity index (χ4n) is 3.10. The van der Waals surface area contributed by atoms with Gasteiger partial charge < -0.3 is 14.2 Å². The minimum absolute atomic E-state index is 0.189. The number of benzene rings is 3. The Kier molecular flexibility index (Phi) is 7.92. The first-order valence-electron chi connectivity index (χ1n) is 9.99. The van der Waals surface area contributed by atoms with Crippen molar-refractivity contribution in [2.75, 3.05) is 20.8 Å². The highest BCUT2D eigenvalue weighted by Gasteiger charge is 2.30. The normalized spacial score (nSPS) is 11.2. The van der Waals surface area contributed by atoms with E-state index in [0.29, 0.717) is 22.8 Å². The second-order valence-corrected chi connectivity index (χ2v) is 8.21. The second kappa shape index (κ2) is 10.7. The summed E-state index contributed by atoms with van der Waals surface area (Å²) in [4.78, 5) is 12.2. The maximum absolute atomic E-state index is 13.0. The minimum Gasteiger partial charge on any atom is -0.495 e. The van der Waals surface area contributed by atoms with Crippen LogP contribution in [0.2, 0.25) is 0 Å². The van der Waals surface area contributed by atoms with Crippen molar-refractivity contribution < 1.29 is 32.2 Å². The van der Waals surface area contributed by atoms with Gasteiger partial charge in [0.1, 0.15) is 11.5 Å². The number of alkyl halides is 3. The first-order valence-corrected chi connectivity index (χ1v) is 11.0. The van der Waals surface area contributed by atoms with Crippen LogP contribution in [0.5, 0.6) is 11.5 Å². The Balaban J connectivity index is 1.70. The molecule has 0 heterocycles. The highest BCUT2D eigenvalue weighted by atomic mass is 32.2. The lowest BCUT2D eigenvalue weighted by Crippen LogP contribution is -2.13. The maximum atomic E-state index is 13.0. The van der Waals surface area contributed by atoms with E-state index >= 15 is 0 Å². The molecule has 0 saturated heterocycles. The summed E-state index contributed by atoms with van der Waals surface area (Å²) in [5.74, 6) is 1.32. The summed E-state index contributed by atoms with van der Waals surface area (Å²) in [7, 11) is 2.85. The molecule has 0 radical (unpaired) electrons. The molecule has 0 unspecified atom stereocenters. The molecule has 0 amide bonds. The highest BCUT2D eigenvalue weighted by molar-refractivity contribution is 7.98.